The summed E-state index contributed by atoms with van der Waals surface area (Å²) in [5.74, 6) is -0.490. The maximum atomic E-state index is 11.8. The molecule has 5 nitrogen and oxygen atoms in total. The average molecular weight is 256 g/mol. The van der Waals surface area contributed by atoms with Crippen molar-refractivity contribution < 1.29 is 13.2 Å². The van der Waals surface area contributed by atoms with Gasteiger partial charge in [-0.15, -0.1) is 0 Å². The van der Waals surface area contributed by atoms with Crippen LogP contribution in [0.25, 0.3) is 0 Å². The summed E-state index contributed by atoms with van der Waals surface area (Å²) >= 11 is 0. The van der Waals surface area contributed by atoms with E-state index in [0.29, 0.717) is 17.8 Å². The normalized spacial score (nSPS) is 11.2. The lowest BCUT2D eigenvalue weighted by Gasteiger charge is -2.22. The molecule has 94 valence electrons. The lowest BCUT2D eigenvalue weighted by atomic mass is 10.2. The van der Waals surface area contributed by atoms with Crippen LogP contribution in [-0.2, 0) is 10.0 Å². The van der Waals surface area contributed by atoms with Gasteiger partial charge >= 0.3 is 0 Å². The SMILES string of the molecule is CCN(c1ccc(C(N)=O)cc1)S(=O)(=O)CC. The highest BCUT2D eigenvalue weighted by molar-refractivity contribution is 7.92. The van der Waals surface area contributed by atoms with E-state index in [0.717, 1.165) is 0 Å². The molecule has 1 amide bonds. The quantitative estimate of drug-likeness (QED) is 0.852. The Morgan fingerprint density at radius 3 is 2.12 bits per heavy atom. The number of hydrogen-bond acceptors (Lipinski definition) is 3. The van der Waals surface area contributed by atoms with Gasteiger partial charge in [-0.3, -0.25) is 9.10 Å². The fraction of sp³-hybridized carbons (Fsp3) is 0.364. The molecule has 0 saturated carbocycles. The number of carbonyl (C=O) groups excluding carboxylic acids is 1. The Labute approximate surface area is 101 Å². The van der Waals surface area contributed by atoms with Crippen molar-refractivity contribution in [3.8, 4) is 0 Å². The Morgan fingerprint density at radius 1 is 1.24 bits per heavy atom. The summed E-state index contributed by atoms with van der Waals surface area (Å²) in [6.45, 7) is 3.71. The molecule has 0 aliphatic carbocycles. The van der Waals surface area contributed by atoms with Gasteiger partial charge in [-0.2, -0.15) is 0 Å². The topological polar surface area (TPSA) is 80.5 Å². The van der Waals surface area contributed by atoms with E-state index < -0.39 is 15.9 Å². The molecule has 0 fully saturated rings. The summed E-state index contributed by atoms with van der Waals surface area (Å²) in [7, 11) is -3.28. The zero-order valence-corrected chi connectivity index (χ0v) is 10.7. The van der Waals surface area contributed by atoms with Gasteiger partial charge in [0.1, 0.15) is 0 Å². The van der Waals surface area contributed by atoms with Crippen molar-refractivity contribution in [3.05, 3.63) is 29.8 Å². The van der Waals surface area contributed by atoms with Gasteiger partial charge in [0, 0.05) is 12.1 Å². The van der Waals surface area contributed by atoms with Crippen LogP contribution in [-0.4, -0.2) is 26.6 Å². The average Bonchev–Trinajstić information content (AvgIpc) is 2.30. The summed E-state index contributed by atoms with van der Waals surface area (Å²) in [5.41, 5.74) is 6.01. The first-order chi connectivity index (χ1) is 7.92. The molecule has 1 rings (SSSR count). The molecule has 0 aromatic heterocycles. The molecule has 1 aromatic carbocycles. The Bertz CT molecular complexity index is 494. The highest BCUT2D eigenvalue weighted by Gasteiger charge is 2.18. The second kappa shape index (κ2) is 5.18. The largest absolute Gasteiger partial charge is 0.366 e. The molecule has 0 heterocycles. The molecule has 6 heteroatoms. The van der Waals surface area contributed by atoms with Crippen molar-refractivity contribution in [3.63, 3.8) is 0 Å². The highest BCUT2D eigenvalue weighted by Crippen LogP contribution is 2.18. The van der Waals surface area contributed by atoms with Gasteiger partial charge in [-0.1, -0.05) is 0 Å². The third kappa shape index (κ3) is 2.97. The summed E-state index contributed by atoms with van der Waals surface area (Å²) < 4.78 is 24.9. The van der Waals surface area contributed by atoms with E-state index in [4.69, 9.17) is 5.73 Å². The van der Waals surface area contributed by atoms with Crippen molar-refractivity contribution in [2.24, 2.45) is 5.73 Å². The van der Waals surface area contributed by atoms with Gasteiger partial charge in [0.25, 0.3) is 0 Å². The number of anilines is 1. The van der Waals surface area contributed by atoms with Crippen molar-refractivity contribution in [2.45, 2.75) is 13.8 Å². The number of nitrogens with two attached hydrogens (primary N) is 1. The second-order valence-electron chi connectivity index (χ2n) is 3.48. The van der Waals surface area contributed by atoms with Crippen molar-refractivity contribution in [1.82, 2.24) is 0 Å². The van der Waals surface area contributed by atoms with Crippen LogP contribution in [0.5, 0.6) is 0 Å². The first kappa shape index (κ1) is 13.5. The number of nitrogens with zero attached hydrogens (tertiary/aromatic N) is 1. The smallest absolute Gasteiger partial charge is 0.248 e. The number of carbonyl (C=O) groups is 1. The molecule has 0 unspecified atom stereocenters. The standard InChI is InChI=1S/C11H16N2O3S/c1-3-13(17(15,16)4-2)10-7-5-9(6-8-10)11(12)14/h5-8H,3-4H2,1-2H3,(H2,12,14). The first-order valence-corrected chi connectivity index (χ1v) is 6.93. The minimum Gasteiger partial charge on any atom is -0.366 e. The monoisotopic (exact) mass is 256 g/mol. The Morgan fingerprint density at radius 2 is 1.76 bits per heavy atom. The van der Waals surface area contributed by atoms with E-state index in [1.807, 2.05) is 0 Å². The van der Waals surface area contributed by atoms with E-state index in [1.54, 1.807) is 26.0 Å². The van der Waals surface area contributed by atoms with Crippen LogP contribution in [0, 0.1) is 0 Å². The van der Waals surface area contributed by atoms with Gasteiger partial charge in [0.2, 0.25) is 15.9 Å². The molecular weight excluding hydrogens is 240 g/mol. The van der Waals surface area contributed by atoms with Crippen molar-refractivity contribution in [2.75, 3.05) is 16.6 Å². The number of rotatable bonds is 5. The molecule has 0 radical (unpaired) electrons. The maximum absolute atomic E-state index is 11.8. The Balaban J connectivity index is 3.10. The second-order valence-corrected chi connectivity index (χ2v) is 5.66. The Kier molecular flexibility index (Phi) is 4.11. The third-order valence-corrected chi connectivity index (χ3v) is 4.30. The van der Waals surface area contributed by atoms with Gasteiger partial charge in [0.05, 0.1) is 11.4 Å². The molecule has 0 aliphatic rings. The number of benzene rings is 1. The molecule has 2 N–H and O–H groups in total. The van der Waals surface area contributed by atoms with Crippen LogP contribution in [0.3, 0.4) is 0 Å². The van der Waals surface area contributed by atoms with E-state index in [9.17, 15) is 13.2 Å². The summed E-state index contributed by atoms with van der Waals surface area (Å²) in [6, 6.07) is 6.20. The predicted octanol–water partition coefficient (Wildman–Crippen LogP) is 0.962. The van der Waals surface area contributed by atoms with Crippen LogP contribution < -0.4 is 10.0 Å². The molecule has 0 aliphatic heterocycles. The molecule has 17 heavy (non-hydrogen) atoms. The molecule has 0 spiro atoms. The van der Waals surface area contributed by atoms with Crippen LogP contribution >= 0.6 is 0 Å². The number of primary amides is 1. The Hall–Kier alpha value is -1.56. The summed E-state index contributed by atoms with van der Waals surface area (Å²) in [6.07, 6.45) is 0. The van der Waals surface area contributed by atoms with Crippen molar-refractivity contribution in [1.29, 1.82) is 0 Å². The molecule has 0 saturated heterocycles. The van der Waals surface area contributed by atoms with Crippen LogP contribution in [0.1, 0.15) is 24.2 Å². The van der Waals surface area contributed by atoms with Gasteiger partial charge in [-0.25, -0.2) is 8.42 Å². The van der Waals surface area contributed by atoms with Crippen LogP contribution in [0.2, 0.25) is 0 Å². The lowest BCUT2D eigenvalue weighted by molar-refractivity contribution is 0.100. The summed E-state index contributed by atoms with van der Waals surface area (Å²) in [4.78, 5) is 10.9. The molecular formula is C11H16N2O3S. The predicted molar refractivity (Wildman–Crippen MR) is 67.4 cm³/mol. The van der Waals surface area contributed by atoms with Gasteiger partial charge in [-0.05, 0) is 38.1 Å². The minimum atomic E-state index is -3.28. The van der Waals surface area contributed by atoms with E-state index in [1.165, 1.54) is 16.4 Å². The van der Waals surface area contributed by atoms with Crippen LogP contribution in [0.4, 0.5) is 5.69 Å². The minimum absolute atomic E-state index is 0.0401. The first-order valence-electron chi connectivity index (χ1n) is 5.32. The van der Waals surface area contributed by atoms with Crippen LogP contribution in [0.15, 0.2) is 24.3 Å². The fourth-order valence-corrected chi connectivity index (χ4v) is 2.64. The zero-order valence-electron chi connectivity index (χ0n) is 9.88. The highest BCUT2D eigenvalue weighted by atomic mass is 32.2. The molecule has 1 aromatic rings. The molecule has 0 bridgehead atoms. The zero-order chi connectivity index (χ0) is 13.1. The number of hydrogen-bond donors (Lipinski definition) is 1. The van der Waals surface area contributed by atoms with Gasteiger partial charge in [0.15, 0.2) is 0 Å². The maximum Gasteiger partial charge on any atom is 0.248 e. The number of amides is 1. The third-order valence-electron chi connectivity index (χ3n) is 2.43. The van der Waals surface area contributed by atoms with E-state index in [2.05, 4.69) is 0 Å². The molecule has 0 atom stereocenters. The summed E-state index contributed by atoms with van der Waals surface area (Å²) in [5, 5.41) is 0. The van der Waals surface area contributed by atoms with E-state index >= 15 is 0 Å². The lowest BCUT2D eigenvalue weighted by Crippen LogP contribution is -2.32. The van der Waals surface area contributed by atoms with Gasteiger partial charge < -0.3 is 5.73 Å². The van der Waals surface area contributed by atoms with E-state index in [-0.39, 0.29) is 5.75 Å². The van der Waals surface area contributed by atoms with Crippen molar-refractivity contribution >= 4 is 21.6 Å². The number of sulfonamides is 1. The fourth-order valence-electron chi connectivity index (χ4n) is 1.49.